The van der Waals surface area contributed by atoms with Crippen molar-refractivity contribution in [2.75, 3.05) is 6.61 Å². The highest BCUT2D eigenvalue weighted by Gasteiger charge is 2.03. The minimum absolute atomic E-state index is 0.0911. The summed E-state index contributed by atoms with van der Waals surface area (Å²) >= 11 is 0. The van der Waals surface area contributed by atoms with Gasteiger partial charge in [0.1, 0.15) is 5.75 Å². The first-order chi connectivity index (χ1) is 9.78. The van der Waals surface area contributed by atoms with Crippen LogP contribution in [0, 0.1) is 11.3 Å². The zero-order valence-corrected chi connectivity index (χ0v) is 10.6. The maximum atomic E-state index is 11.6. The average Bonchev–Trinajstić information content (AvgIpc) is 2.52. The van der Waals surface area contributed by atoms with Crippen molar-refractivity contribution in [1.82, 2.24) is 15.5 Å². The summed E-state index contributed by atoms with van der Waals surface area (Å²) in [7, 11) is 0. The van der Waals surface area contributed by atoms with E-state index < -0.39 is 0 Å². The van der Waals surface area contributed by atoms with Gasteiger partial charge in [-0.25, -0.2) is 0 Å². The van der Waals surface area contributed by atoms with E-state index in [1.807, 2.05) is 6.07 Å². The zero-order chi connectivity index (χ0) is 14.2. The van der Waals surface area contributed by atoms with Crippen LogP contribution in [0.2, 0.25) is 0 Å². The fourth-order valence-electron chi connectivity index (χ4n) is 1.44. The van der Waals surface area contributed by atoms with Crippen molar-refractivity contribution in [3.05, 3.63) is 53.9 Å². The Morgan fingerprint density at radius 1 is 1.30 bits per heavy atom. The van der Waals surface area contributed by atoms with Crippen molar-refractivity contribution in [2.45, 2.75) is 6.54 Å². The van der Waals surface area contributed by atoms with Crippen molar-refractivity contribution in [3.8, 4) is 11.8 Å². The van der Waals surface area contributed by atoms with E-state index >= 15 is 0 Å². The quantitative estimate of drug-likeness (QED) is 0.875. The summed E-state index contributed by atoms with van der Waals surface area (Å²) in [5, 5.41) is 18.9. The molecule has 1 aromatic carbocycles. The van der Waals surface area contributed by atoms with Crippen molar-refractivity contribution < 1.29 is 9.53 Å². The molecule has 0 aliphatic carbocycles. The number of ether oxygens (including phenoxy) is 1. The van der Waals surface area contributed by atoms with Gasteiger partial charge in [0.2, 0.25) is 0 Å². The molecule has 0 fully saturated rings. The number of carbonyl (C=O) groups is 1. The fraction of sp³-hybridized carbons (Fsp3) is 0.143. The second kappa shape index (κ2) is 6.85. The molecule has 1 aromatic heterocycles. The third kappa shape index (κ3) is 4.07. The van der Waals surface area contributed by atoms with E-state index in [4.69, 9.17) is 10.00 Å². The maximum absolute atomic E-state index is 11.6. The lowest BCUT2D eigenvalue weighted by molar-refractivity contribution is -0.123. The van der Waals surface area contributed by atoms with E-state index in [-0.39, 0.29) is 12.5 Å². The molecule has 2 rings (SSSR count). The summed E-state index contributed by atoms with van der Waals surface area (Å²) in [5.74, 6) is 0.290. The highest BCUT2D eigenvalue weighted by molar-refractivity contribution is 5.77. The molecule has 0 aliphatic rings. The van der Waals surface area contributed by atoms with Crippen LogP contribution in [-0.2, 0) is 11.3 Å². The summed E-state index contributed by atoms with van der Waals surface area (Å²) in [6.07, 6.45) is 1.57. The van der Waals surface area contributed by atoms with Crippen molar-refractivity contribution in [3.63, 3.8) is 0 Å². The average molecular weight is 268 g/mol. The molecule has 0 aliphatic heterocycles. The van der Waals surface area contributed by atoms with Gasteiger partial charge in [-0.15, -0.1) is 0 Å². The molecular formula is C14H12N4O2. The molecule has 1 heterocycles. The Hall–Kier alpha value is -2.94. The first kappa shape index (κ1) is 13.5. The molecule has 1 N–H and O–H groups in total. The van der Waals surface area contributed by atoms with Crippen LogP contribution in [0.1, 0.15) is 11.3 Å². The predicted molar refractivity (Wildman–Crippen MR) is 70.5 cm³/mol. The monoisotopic (exact) mass is 268 g/mol. The number of nitrogens with one attached hydrogen (secondary N) is 1. The van der Waals surface area contributed by atoms with Gasteiger partial charge in [-0.2, -0.15) is 15.5 Å². The number of amides is 1. The van der Waals surface area contributed by atoms with Crippen molar-refractivity contribution in [2.24, 2.45) is 0 Å². The molecule has 0 saturated heterocycles. The van der Waals surface area contributed by atoms with Crippen LogP contribution in [-0.4, -0.2) is 22.7 Å². The van der Waals surface area contributed by atoms with Gasteiger partial charge < -0.3 is 10.1 Å². The number of benzene rings is 1. The molecular weight excluding hydrogens is 256 g/mol. The van der Waals surface area contributed by atoms with E-state index in [1.54, 1.807) is 42.6 Å². The SMILES string of the molecule is N#Cc1ccc(OCC(=O)NCc2cccnn2)cc1. The second-order valence-corrected chi connectivity index (χ2v) is 3.92. The van der Waals surface area contributed by atoms with Crippen LogP contribution >= 0.6 is 0 Å². The standard InChI is InChI=1S/C14H12N4O2/c15-8-11-3-5-13(6-4-11)20-10-14(19)16-9-12-2-1-7-17-18-12/h1-7H,9-10H2,(H,16,19). The van der Waals surface area contributed by atoms with Gasteiger partial charge >= 0.3 is 0 Å². The number of aromatic nitrogens is 2. The van der Waals surface area contributed by atoms with Crippen LogP contribution in [0.5, 0.6) is 5.75 Å². The molecule has 6 nitrogen and oxygen atoms in total. The van der Waals surface area contributed by atoms with E-state index in [1.165, 1.54) is 0 Å². The van der Waals surface area contributed by atoms with Gasteiger partial charge in [0, 0.05) is 6.20 Å². The Bertz CT molecular complexity index is 605. The van der Waals surface area contributed by atoms with E-state index in [0.29, 0.717) is 23.6 Å². The van der Waals surface area contributed by atoms with Gasteiger partial charge in [-0.3, -0.25) is 4.79 Å². The van der Waals surface area contributed by atoms with Gasteiger partial charge in [-0.1, -0.05) is 0 Å². The second-order valence-electron chi connectivity index (χ2n) is 3.92. The van der Waals surface area contributed by atoms with Gasteiger partial charge in [-0.05, 0) is 36.4 Å². The van der Waals surface area contributed by atoms with Crippen molar-refractivity contribution in [1.29, 1.82) is 5.26 Å². The van der Waals surface area contributed by atoms with Gasteiger partial charge in [0.05, 0.1) is 23.9 Å². The summed E-state index contributed by atoms with van der Waals surface area (Å²) in [4.78, 5) is 11.6. The Kier molecular flexibility index (Phi) is 4.62. The van der Waals surface area contributed by atoms with E-state index in [9.17, 15) is 4.79 Å². The lowest BCUT2D eigenvalue weighted by Crippen LogP contribution is -2.28. The number of carbonyl (C=O) groups excluding carboxylic acids is 1. The van der Waals surface area contributed by atoms with Crippen molar-refractivity contribution >= 4 is 5.91 Å². The lowest BCUT2D eigenvalue weighted by atomic mass is 10.2. The first-order valence-corrected chi connectivity index (χ1v) is 5.94. The Morgan fingerprint density at radius 3 is 2.75 bits per heavy atom. The molecule has 0 radical (unpaired) electrons. The van der Waals surface area contributed by atoms with Crippen LogP contribution in [0.4, 0.5) is 0 Å². The molecule has 0 spiro atoms. The first-order valence-electron chi connectivity index (χ1n) is 5.94. The number of rotatable bonds is 5. The van der Waals surface area contributed by atoms with Crippen LogP contribution in [0.25, 0.3) is 0 Å². The predicted octanol–water partition coefficient (Wildman–Crippen LogP) is 1.04. The summed E-state index contributed by atoms with van der Waals surface area (Å²) in [6.45, 7) is 0.218. The Labute approximate surface area is 116 Å². The normalized spacial score (nSPS) is 9.55. The van der Waals surface area contributed by atoms with Crippen LogP contribution < -0.4 is 10.1 Å². The minimum Gasteiger partial charge on any atom is -0.484 e. The van der Waals surface area contributed by atoms with E-state index in [2.05, 4.69) is 15.5 Å². The number of nitrogens with zero attached hydrogens (tertiary/aromatic N) is 3. The summed E-state index contributed by atoms with van der Waals surface area (Å²) < 4.78 is 5.30. The molecule has 2 aromatic rings. The third-order valence-corrected chi connectivity index (χ3v) is 2.45. The number of nitriles is 1. The Balaban J connectivity index is 1.76. The lowest BCUT2D eigenvalue weighted by Gasteiger charge is -2.06. The molecule has 100 valence electrons. The molecule has 6 heteroatoms. The smallest absolute Gasteiger partial charge is 0.258 e. The molecule has 0 bridgehead atoms. The molecule has 0 atom stereocenters. The highest BCUT2D eigenvalue weighted by Crippen LogP contribution is 2.11. The van der Waals surface area contributed by atoms with Crippen LogP contribution in [0.3, 0.4) is 0 Å². The molecule has 0 saturated carbocycles. The van der Waals surface area contributed by atoms with Gasteiger partial charge in [0.15, 0.2) is 6.61 Å². The minimum atomic E-state index is -0.250. The Morgan fingerprint density at radius 2 is 2.10 bits per heavy atom. The maximum Gasteiger partial charge on any atom is 0.258 e. The molecule has 0 unspecified atom stereocenters. The molecule has 20 heavy (non-hydrogen) atoms. The number of hydrogen-bond acceptors (Lipinski definition) is 5. The van der Waals surface area contributed by atoms with Crippen LogP contribution in [0.15, 0.2) is 42.6 Å². The van der Waals surface area contributed by atoms with Gasteiger partial charge in [0.25, 0.3) is 5.91 Å². The fourth-order valence-corrected chi connectivity index (χ4v) is 1.44. The highest BCUT2D eigenvalue weighted by atomic mass is 16.5. The van der Waals surface area contributed by atoms with E-state index in [0.717, 1.165) is 0 Å². The molecule has 1 amide bonds. The largest absolute Gasteiger partial charge is 0.484 e. The number of hydrogen-bond donors (Lipinski definition) is 1. The summed E-state index contributed by atoms with van der Waals surface area (Å²) in [5.41, 5.74) is 1.23. The zero-order valence-electron chi connectivity index (χ0n) is 10.6. The summed E-state index contributed by atoms with van der Waals surface area (Å²) in [6, 6.07) is 12.1. The topological polar surface area (TPSA) is 87.9 Å². The third-order valence-electron chi connectivity index (χ3n) is 2.45.